The number of thioether (sulfide) groups is 1. The Bertz CT molecular complexity index is 90.6. The van der Waals surface area contributed by atoms with E-state index in [2.05, 4.69) is 18.5 Å². The molecule has 0 rings (SSSR count). The Kier molecular flexibility index (Phi) is 9.57. The molecule has 3 heteroatoms. The summed E-state index contributed by atoms with van der Waals surface area (Å²) in [5.74, 6) is 1.24. The van der Waals surface area contributed by atoms with E-state index < -0.39 is 0 Å². The minimum Gasteiger partial charge on any atom is -0.396 e. The molecule has 0 fully saturated rings. The van der Waals surface area contributed by atoms with Gasteiger partial charge in [0.15, 0.2) is 0 Å². The number of aliphatic hydroxyl groups is 1. The second kappa shape index (κ2) is 9.36. The monoisotopic (exact) mass is 191 g/mol. The highest BCUT2D eigenvalue weighted by atomic mass is 32.2. The summed E-state index contributed by atoms with van der Waals surface area (Å²) in [6.07, 6.45) is 5.37. The Morgan fingerprint density at radius 1 is 1.42 bits per heavy atom. The van der Waals surface area contributed by atoms with E-state index in [-0.39, 0.29) is 0 Å². The lowest BCUT2D eigenvalue weighted by atomic mass is 10.2. The summed E-state index contributed by atoms with van der Waals surface area (Å²) in [5.41, 5.74) is 0. The van der Waals surface area contributed by atoms with Crippen LogP contribution in [0.25, 0.3) is 0 Å². The van der Waals surface area contributed by atoms with Crippen LogP contribution in [-0.4, -0.2) is 36.3 Å². The molecule has 2 N–H and O–H groups in total. The summed E-state index contributed by atoms with van der Waals surface area (Å²) in [6.45, 7) is 3.60. The highest BCUT2D eigenvalue weighted by Crippen LogP contribution is 1.97. The molecule has 12 heavy (non-hydrogen) atoms. The van der Waals surface area contributed by atoms with E-state index in [4.69, 9.17) is 5.11 Å². The fraction of sp³-hybridized carbons (Fsp3) is 1.00. The molecule has 0 aromatic carbocycles. The summed E-state index contributed by atoms with van der Waals surface area (Å²) >= 11 is 1.89. The van der Waals surface area contributed by atoms with Gasteiger partial charge in [-0.2, -0.15) is 11.8 Å². The topological polar surface area (TPSA) is 32.3 Å². The van der Waals surface area contributed by atoms with Gasteiger partial charge >= 0.3 is 0 Å². The average molecular weight is 191 g/mol. The van der Waals surface area contributed by atoms with Gasteiger partial charge in [0.25, 0.3) is 0 Å². The molecule has 0 aliphatic carbocycles. The molecular formula is C9H21NOS. The van der Waals surface area contributed by atoms with Crippen molar-refractivity contribution in [2.24, 2.45) is 0 Å². The quantitative estimate of drug-likeness (QED) is 0.570. The second-order valence-electron chi connectivity index (χ2n) is 3.07. The number of rotatable bonds is 8. The molecule has 1 atom stereocenters. The van der Waals surface area contributed by atoms with Crippen molar-refractivity contribution < 1.29 is 5.11 Å². The van der Waals surface area contributed by atoms with Crippen molar-refractivity contribution in [3.05, 3.63) is 0 Å². The van der Waals surface area contributed by atoms with Crippen LogP contribution in [0.2, 0.25) is 0 Å². The summed E-state index contributed by atoms with van der Waals surface area (Å²) in [4.78, 5) is 0. The molecule has 0 heterocycles. The molecule has 0 aliphatic rings. The smallest absolute Gasteiger partial charge is 0.0431 e. The van der Waals surface area contributed by atoms with Crippen LogP contribution in [0, 0.1) is 0 Å². The summed E-state index contributed by atoms with van der Waals surface area (Å²) in [6, 6.07) is 0.555. The van der Waals surface area contributed by atoms with Gasteiger partial charge in [-0.15, -0.1) is 0 Å². The Hall–Kier alpha value is 0.270. The zero-order chi connectivity index (χ0) is 9.23. The number of nitrogens with one attached hydrogen (secondary N) is 1. The highest BCUT2D eigenvalue weighted by Gasteiger charge is 1.98. The van der Waals surface area contributed by atoms with E-state index in [1.165, 1.54) is 12.2 Å². The van der Waals surface area contributed by atoms with Crippen molar-refractivity contribution in [2.75, 3.05) is 25.2 Å². The van der Waals surface area contributed by atoms with Crippen LogP contribution in [0.3, 0.4) is 0 Å². The molecule has 0 radical (unpaired) electrons. The van der Waals surface area contributed by atoms with Gasteiger partial charge in [0.05, 0.1) is 0 Å². The van der Waals surface area contributed by atoms with Gasteiger partial charge in [-0.1, -0.05) is 0 Å². The van der Waals surface area contributed by atoms with E-state index in [9.17, 15) is 0 Å². The van der Waals surface area contributed by atoms with Gasteiger partial charge in [-0.25, -0.2) is 0 Å². The van der Waals surface area contributed by atoms with Crippen LogP contribution in [0.5, 0.6) is 0 Å². The van der Waals surface area contributed by atoms with Crippen LogP contribution in [0.1, 0.15) is 26.2 Å². The van der Waals surface area contributed by atoms with E-state index >= 15 is 0 Å². The predicted molar refractivity (Wildman–Crippen MR) is 56.8 cm³/mol. The third-order valence-corrected chi connectivity index (χ3v) is 2.51. The van der Waals surface area contributed by atoms with Gasteiger partial charge in [-0.3, -0.25) is 0 Å². The minimum absolute atomic E-state index is 0.316. The van der Waals surface area contributed by atoms with Gasteiger partial charge in [0.1, 0.15) is 0 Å². The molecule has 0 saturated heterocycles. The van der Waals surface area contributed by atoms with Crippen molar-refractivity contribution in [2.45, 2.75) is 32.2 Å². The molecule has 0 bridgehead atoms. The first-order chi connectivity index (χ1) is 5.81. The summed E-state index contributed by atoms with van der Waals surface area (Å²) < 4.78 is 0. The van der Waals surface area contributed by atoms with Crippen LogP contribution in [0.4, 0.5) is 0 Å². The average Bonchev–Trinajstić information content (AvgIpc) is 2.09. The maximum Gasteiger partial charge on any atom is 0.0431 e. The SMILES string of the molecule is CSCCCNC(C)CCCO. The van der Waals surface area contributed by atoms with Crippen LogP contribution in [0.15, 0.2) is 0 Å². The molecule has 1 unspecified atom stereocenters. The van der Waals surface area contributed by atoms with Gasteiger partial charge in [0, 0.05) is 12.6 Å². The van der Waals surface area contributed by atoms with E-state index in [0.717, 1.165) is 19.4 Å². The Morgan fingerprint density at radius 3 is 2.75 bits per heavy atom. The van der Waals surface area contributed by atoms with Gasteiger partial charge in [-0.05, 0) is 44.7 Å². The Balaban J connectivity index is 3.02. The maximum atomic E-state index is 8.59. The first-order valence-electron chi connectivity index (χ1n) is 4.64. The lowest BCUT2D eigenvalue weighted by Gasteiger charge is -2.12. The normalized spacial score (nSPS) is 13.2. The number of aliphatic hydroxyl groups excluding tert-OH is 1. The number of hydrogen-bond acceptors (Lipinski definition) is 3. The molecule has 0 aromatic rings. The molecular weight excluding hydrogens is 170 g/mol. The second-order valence-corrected chi connectivity index (χ2v) is 4.05. The lowest BCUT2D eigenvalue weighted by Crippen LogP contribution is -2.27. The lowest BCUT2D eigenvalue weighted by molar-refractivity contribution is 0.276. The molecule has 0 amide bonds. The molecule has 74 valence electrons. The van der Waals surface area contributed by atoms with E-state index in [0.29, 0.717) is 12.6 Å². The predicted octanol–water partition coefficient (Wildman–Crippen LogP) is 1.49. The van der Waals surface area contributed by atoms with Crippen LogP contribution in [-0.2, 0) is 0 Å². The molecule has 0 spiro atoms. The molecule has 0 aromatic heterocycles. The third kappa shape index (κ3) is 8.37. The first-order valence-corrected chi connectivity index (χ1v) is 6.03. The van der Waals surface area contributed by atoms with Crippen molar-refractivity contribution in [1.82, 2.24) is 5.32 Å². The van der Waals surface area contributed by atoms with Crippen LogP contribution >= 0.6 is 11.8 Å². The first kappa shape index (κ1) is 12.3. The van der Waals surface area contributed by atoms with Crippen LogP contribution < -0.4 is 5.32 Å². The van der Waals surface area contributed by atoms with Crippen molar-refractivity contribution >= 4 is 11.8 Å². The molecule has 2 nitrogen and oxygen atoms in total. The fourth-order valence-corrected chi connectivity index (χ4v) is 1.50. The van der Waals surface area contributed by atoms with Gasteiger partial charge < -0.3 is 10.4 Å². The van der Waals surface area contributed by atoms with Crippen molar-refractivity contribution in [3.63, 3.8) is 0 Å². The Morgan fingerprint density at radius 2 is 2.17 bits per heavy atom. The minimum atomic E-state index is 0.316. The molecule has 0 saturated carbocycles. The summed E-state index contributed by atoms with van der Waals surface area (Å²) in [5, 5.41) is 12.0. The van der Waals surface area contributed by atoms with Crippen molar-refractivity contribution in [1.29, 1.82) is 0 Å². The zero-order valence-electron chi connectivity index (χ0n) is 8.18. The largest absolute Gasteiger partial charge is 0.396 e. The zero-order valence-corrected chi connectivity index (χ0v) is 8.99. The van der Waals surface area contributed by atoms with E-state index in [1.54, 1.807) is 0 Å². The standard InChI is InChI=1S/C9H21NOS/c1-9(5-3-7-11)10-6-4-8-12-2/h9-11H,3-8H2,1-2H3. The maximum absolute atomic E-state index is 8.59. The fourth-order valence-electron chi connectivity index (χ4n) is 1.06. The van der Waals surface area contributed by atoms with Crippen molar-refractivity contribution in [3.8, 4) is 0 Å². The third-order valence-electron chi connectivity index (χ3n) is 1.81. The highest BCUT2D eigenvalue weighted by molar-refractivity contribution is 7.98. The Labute approximate surface area is 80.1 Å². The number of hydrogen-bond donors (Lipinski definition) is 2. The van der Waals surface area contributed by atoms with Gasteiger partial charge in [0.2, 0.25) is 0 Å². The molecule has 0 aliphatic heterocycles. The van der Waals surface area contributed by atoms with E-state index in [1.807, 2.05) is 11.8 Å². The summed E-state index contributed by atoms with van der Waals surface area (Å²) in [7, 11) is 0.